The topological polar surface area (TPSA) is 153 Å². The molecule has 1 aliphatic heterocycles. The number of alkyl halides is 3. The van der Waals surface area contributed by atoms with Gasteiger partial charge in [0.15, 0.2) is 0 Å². The van der Waals surface area contributed by atoms with Gasteiger partial charge in [-0.15, -0.1) is 0 Å². The van der Waals surface area contributed by atoms with Crippen molar-refractivity contribution in [2.24, 2.45) is 0 Å². The Balaban J connectivity index is 0.000000559. The number of hydrogen-bond acceptors (Lipinski definition) is 7. The monoisotopic (exact) mass is 555 g/mol. The lowest BCUT2D eigenvalue weighted by Crippen LogP contribution is -2.37. The van der Waals surface area contributed by atoms with E-state index in [9.17, 15) is 28.3 Å². The molecule has 0 aliphatic carbocycles. The normalized spacial score (nSPS) is 13.4. The second-order valence-corrected chi connectivity index (χ2v) is 8.99. The summed E-state index contributed by atoms with van der Waals surface area (Å²) < 4.78 is 31.7. The molecule has 1 aromatic heterocycles. The summed E-state index contributed by atoms with van der Waals surface area (Å²) in [5.41, 5.74) is 9.05. The van der Waals surface area contributed by atoms with E-state index in [1.807, 2.05) is 6.07 Å². The second-order valence-electron chi connectivity index (χ2n) is 8.99. The molecule has 40 heavy (non-hydrogen) atoms. The third-order valence-electron chi connectivity index (χ3n) is 6.18. The first kappa shape index (κ1) is 29.9. The fourth-order valence-electron chi connectivity index (χ4n) is 4.18. The summed E-state index contributed by atoms with van der Waals surface area (Å²) in [7, 11) is 0. The van der Waals surface area contributed by atoms with Crippen molar-refractivity contribution in [3.05, 3.63) is 65.7 Å². The van der Waals surface area contributed by atoms with Crippen molar-refractivity contribution in [3.63, 3.8) is 0 Å². The van der Waals surface area contributed by atoms with Gasteiger partial charge in [-0.2, -0.15) is 18.4 Å². The number of carboxylic acids is 1. The Morgan fingerprint density at radius 1 is 1.05 bits per heavy atom. The first-order chi connectivity index (χ1) is 19.0. The van der Waals surface area contributed by atoms with Gasteiger partial charge < -0.3 is 26.2 Å². The zero-order valence-electron chi connectivity index (χ0n) is 21.4. The number of anilines is 1. The molecule has 4 rings (SSSR count). The smallest absolute Gasteiger partial charge is 0.490 e. The van der Waals surface area contributed by atoms with Crippen molar-refractivity contribution in [1.82, 2.24) is 15.2 Å². The molecule has 3 aromatic rings. The number of nitrogens with one attached hydrogen (secondary N) is 1. The van der Waals surface area contributed by atoms with Crippen LogP contribution in [0.25, 0.3) is 22.4 Å². The zero-order valence-corrected chi connectivity index (χ0v) is 21.4. The number of carbonyl (C=O) groups excluding carboxylic acids is 1. The van der Waals surface area contributed by atoms with Crippen molar-refractivity contribution in [1.29, 1.82) is 5.26 Å². The number of phenolic OH excluding ortho intramolecular Hbond substituents is 1. The first-order valence-corrected chi connectivity index (χ1v) is 12.4. The summed E-state index contributed by atoms with van der Waals surface area (Å²) in [6.45, 7) is 3.61. The van der Waals surface area contributed by atoms with Crippen LogP contribution in [-0.2, 0) is 4.79 Å². The van der Waals surface area contributed by atoms with E-state index in [0.717, 1.165) is 19.6 Å². The van der Waals surface area contributed by atoms with Crippen LogP contribution in [0.4, 0.5) is 19.0 Å². The number of piperidine rings is 1. The van der Waals surface area contributed by atoms with Gasteiger partial charge in [0.1, 0.15) is 23.2 Å². The van der Waals surface area contributed by atoms with Gasteiger partial charge in [-0.1, -0.05) is 30.7 Å². The number of amides is 1. The van der Waals surface area contributed by atoms with Crippen LogP contribution < -0.4 is 11.1 Å². The molecule has 2 heterocycles. The summed E-state index contributed by atoms with van der Waals surface area (Å²) in [6.07, 6.45) is -1.37. The highest BCUT2D eigenvalue weighted by molar-refractivity contribution is 5.96. The number of phenols is 1. The molecule has 0 unspecified atom stereocenters. The first-order valence-electron chi connectivity index (χ1n) is 12.4. The minimum atomic E-state index is -5.08. The van der Waals surface area contributed by atoms with E-state index in [1.54, 1.807) is 48.5 Å². The molecule has 0 radical (unpaired) electrons. The maximum Gasteiger partial charge on any atom is 0.490 e. The number of aromatic nitrogens is 1. The Morgan fingerprint density at radius 3 is 2.35 bits per heavy atom. The number of rotatable bonds is 6. The van der Waals surface area contributed by atoms with Crippen LogP contribution in [0.15, 0.2) is 54.6 Å². The largest absolute Gasteiger partial charge is 0.507 e. The molecule has 0 bridgehead atoms. The number of halogens is 3. The predicted molar refractivity (Wildman–Crippen MR) is 142 cm³/mol. The molecular weight excluding hydrogens is 527 g/mol. The summed E-state index contributed by atoms with van der Waals surface area (Å²) in [5, 5.41) is 30.0. The number of carboxylic acid groups (broad SMARTS) is 1. The molecule has 2 aromatic carbocycles. The zero-order chi connectivity index (χ0) is 29.3. The standard InChI is InChI=1S/C26H27N5O2.C2HF3O2/c27-17-22-21(16-23(30-25(22)28)20-9-2-3-10-24(20)32)18-7-6-8-19(15-18)26(33)29-11-14-31-12-4-1-5-13-31;3-2(4,5)1(6)7/h2-3,6-10,15-16,32H,1,4-5,11-14H2,(H2,28,30)(H,29,33);(H,6,7). The minimum absolute atomic E-state index is 0.0712. The average Bonchev–Trinajstić information content (AvgIpc) is 2.93. The number of benzene rings is 2. The second kappa shape index (κ2) is 13.4. The Morgan fingerprint density at radius 2 is 1.73 bits per heavy atom. The van der Waals surface area contributed by atoms with Crippen LogP contribution in [0, 0.1) is 11.3 Å². The summed E-state index contributed by atoms with van der Waals surface area (Å²) in [4.78, 5) is 28.3. The van der Waals surface area contributed by atoms with Gasteiger partial charge >= 0.3 is 12.1 Å². The number of nitriles is 1. The van der Waals surface area contributed by atoms with Crippen molar-refractivity contribution in [2.75, 3.05) is 31.9 Å². The van der Waals surface area contributed by atoms with Gasteiger partial charge in [0, 0.05) is 29.8 Å². The van der Waals surface area contributed by atoms with E-state index in [1.165, 1.54) is 19.3 Å². The highest BCUT2D eigenvalue weighted by atomic mass is 19.4. The number of aromatic hydroxyl groups is 1. The highest BCUT2D eigenvalue weighted by Gasteiger charge is 2.38. The van der Waals surface area contributed by atoms with E-state index in [0.29, 0.717) is 34.5 Å². The lowest BCUT2D eigenvalue weighted by atomic mass is 9.96. The van der Waals surface area contributed by atoms with Crippen LogP contribution in [0.2, 0.25) is 0 Å². The number of hydrogen-bond donors (Lipinski definition) is 4. The fraction of sp³-hybridized carbons (Fsp3) is 0.286. The summed E-state index contributed by atoms with van der Waals surface area (Å²) in [5.74, 6) is -2.77. The van der Waals surface area contributed by atoms with Crippen LogP contribution in [0.5, 0.6) is 5.75 Å². The minimum Gasteiger partial charge on any atom is -0.507 e. The van der Waals surface area contributed by atoms with Crippen molar-refractivity contribution in [2.45, 2.75) is 25.4 Å². The van der Waals surface area contributed by atoms with Gasteiger partial charge in [0.05, 0.1) is 5.69 Å². The fourth-order valence-corrected chi connectivity index (χ4v) is 4.18. The number of nitrogen functional groups attached to an aromatic ring is 1. The van der Waals surface area contributed by atoms with Crippen molar-refractivity contribution >= 4 is 17.7 Å². The van der Waals surface area contributed by atoms with E-state index in [-0.39, 0.29) is 23.0 Å². The lowest BCUT2D eigenvalue weighted by Gasteiger charge is -2.26. The number of para-hydroxylation sites is 1. The third kappa shape index (κ3) is 7.94. The molecular formula is C28H28F3N5O4. The Bertz CT molecular complexity index is 1400. The number of nitrogens with two attached hydrogens (primary N) is 1. The van der Waals surface area contributed by atoms with Crippen LogP contribution >= 0.6 is 0 Å². The van der Waals surface area contributed by atoms with Gasteiger partial charge in [0.2, 0.25) is 0 Å². The molecule has 0 spiro atoms. The number of pyridine rings is 1. The number of likely N-dealkylation sites (tertiary alicyclic amines) is 1. The molecule has 210 valence electrons. The van der Waals surface area contributed by atoms with E-state index < -0.39 is 12.1 Å². The van der Waals surface area contributed by atoms with Gasteiger partial charge in [-0.05, 0) is 61.8 Å². The van der Waals surface area contributed by atoms with E-state index in [4.69, 9.17) is 15.6 Å². The maximum atomic E-state index is 12.8. The van der Waals surface area contributed by atoms with Crippen molar-refractivity contribution < 1.29 is 33.0 Å². The van der Waals surface area contributed by atoms with Gasteiger partial charge in [-0.25, -0.2) is 9.78 Å². The predicted octanol–water partition coefficient (Wildman–Crippen LogP) is 4.42. The maximum absolute atomic E-state index is 12.8. The quantitative estimate of drug-likeness (QED) is 0.349. The molecule has 1 aliphatic rings. The molecule has 1 saturated heterocycles. The van der Waals surface area contributed by atoms with Crippen LogP contribution in [0.3, 0.4) is 0 Å². The Labute approximate surface area is 228 Å². The molecule has 1 fully saturated rings. The van der Waals surface area contributed by atoms with E-state index >= 15 is 0 Å². The van der Waals surface area contributed by atoms with Crippen molar-refractivity contribution in [3.8, 4) is 34.2 Å². The third-order valence-corrected chi connectivity index (χ3v) is 6.18. The summed E-state index contributed by atoms with van der Waals surface area (Å²) in [6, 6.07) is 17.8. The molecule has 9 nitrogen and oxygen atoms in total. The number of nitrogens with zero attached hydrogens (tertiary/aromatic N) is 3. The van der Waals surface area contributed by atoms with Crippen LogP contribution in [0.1, 0.15) is 35.2 Å². The van der Waals surface area contributed by atoms with Gasteiger partial charge in [0.25, 0.3) is 5.91 Å². The highest BCUT2D eigenvalue weighted by Crippen LogP contribution is 2.34. The summed E-state index contributed by atoms with van der Waals surface area (Å²) >= 11 is 0. The number of aliphatic carboxylic acids is 1. The molecule has 1 amide bonds. The van der Waals surface area contributed by atoms with Crippen LogP contribution in [-0.4, -0.2) is 64.3 Å². The number of carbonyl (C=O) groups is 2. The SMILES string of the molecule is N#Cc1c(-c2cccc(C(=O)NCCN3CCCCC3)c2)cc(-c2ccccc2O)nc1N.O=C(O)C(F)(F)F. The van der Waals surface area contributed by atoms with Gasteiger partial charge in [-0.3, -0.25) is 4.79 Å². The Kier molecular flexibility index (Phi) is 10.1. The molecule has 12 heteroatoms. The molecule has 5 N–H and O–H groups in total. The Hall–Kier alpha value is -4.63. The lowest BCUT2D eigenvalue weighted by molar-refractivity contribution is -0.192. The molecule has 0 atom stereocenters. The van der Waals surface area contributed by atoms with E-state index in [2.05, 4.69) is 21.3 Å². The average molecular weight is 556 g/mol. The molecule has 0 saturated carbocycles.